The number of carbonyl (C=O) groups is 2. The molecule has 2 aliphatic rings. The van der Waals surface area contributed by atoms with Crippen LogP contribution in [0.2, 0.25) is 0 Å². The highest BCUT2D eigenvalue weighted by Gasteiger charge is 2.38. The molecule has 2 bridgehead atoms. The number of carboxylic acid groups (broad SMARTS) is 1. The molecule has 12 nitrogen and oxygen atoms in total. The normalized spacial score (nSPS) is 18.4. The van der Waals surface area contributed by atoms with E-state index in [1.54, 1.807) is 47.7 Å². The van der Waals surface area contributed by atoms with Gasteiger partial charge in [-0.05, 0) is 30.7 Å². The molecule has 1 amide bonds. The second kappa shape index (κ2) is 9.13. The van der Waals surface area contributed by atoms with Crippen LogP contribution in [0.4, 0.5) is 17.5 Å². The average molecular weight is 500 g/mol. The summed E-state index contributed by atoms with van der Waals surface area (Å²) in [5.74, 6) is 0.499. The number of carboxylic acids is 1. The monoisotopic (exact) mass is 499 g/mol. The van der Waals surface area contributed by atoms with E-state index in [0.29, 0.717) is 34.8 Å². The lowest BCUT2D eigenvalue weighted by atomic mass is 10.1. The minimum Gasteiger partial charge on any atom is -0.480 e. The highest BCUT2D eigenvalue weighted by atomic mass is 16.4. The van der Waals surface area contributed by atoms with Crippen LogP contribution in [0.15, 0.2) is 55.1 Å². The summed E-state index contributed by atoms with van der Waals surface area (Å²) < 4.78 is 1.76. The summed E-state index contributed by atoms with van der Waals surface area (Å²) in [5, 5.41) is 21.4. The molecule has 6 rings (SSSR count). The molecule has 0 spiro atoms. The lowest BCUT2D eigenvalue weighted by Gasteiger charge is -2.28. The maximum atomic E-state index is 12.9. The molecule has 2 fully saturated rings. The van der Waals surface area contributed by atoms with Crippen LogP contribution in [0.1, 0.15) is 16.8 Å². The number of rotatable bonds is 7. The van der Waals surface area contributed by atoms with Crippen LogP contribution in [0, 0.1) is 0 Å². The Morgan fingerprint density at radius 1 is 1.19 bits per heavy atom. The summed E-state index contributed by atoms with van der Waals surface area (Å²) in [4.78, 5) is 40.6. The Morgan fingerprint density at radius 3 is 2.81 bits per heavy atom. The Labute approximate surface area is 212 Å². The topological polar surface area (TPSA) is 141 Å². The van der Waals surface area contributed by atoms with E-state index in [9.17, 15) is 9.59 Å². The van der Waals surface area contributed by atoms with Crippen LogP contribution in [0.5, 0.6) is 0 Å². The summed E-state index contributed by atoms with van der Waals surface area (Å²) in [7, 11) is 1.47. The van der Waals surface area contributed by atoms with Gasteiger partial charge in [-0.1, -0.05) is 0 Å². The van der Waals surface area contributed by atoms with Crippen molar-refractivity contribution in [2.75, 3.05) is 36.9 Å². The fraction of sp³-hybridized carbons (Fsp3) is 0.280. The van der Waals surface area contributed by atoms with E-state index in [1.165, 1.54) is 11.9 Å². The van der Waals surface area contributed by atoms with Gasteiger partial charge in [-0.2, -0.15) is 0 Å². The molecule has 0 unspecified atom stereocenters. The first-order valence-electron chi connectivity index (χ1n) is 12.0. The molecule has 2 aliphatic heterocycles. The van der Waals surface area contributed by atoms with E-state index in [2.05, 4.69) is 30.5 Å². The van der Waals surface area contributed by atoms with Gasteiger partial charge in [0.1, 0.15) is 18.2 Å². The van der Waals surface area contributed by atoms with Gasteiger partial charge in [0.05, 0.1) is 17.4 Å². The number of nitrogens with zero attached hydrogens (tertiary/aromatic N) is 7. The second-order valence-electron chi connectivity index (χ2n) is 9.28. The summed E-state index contributed by atoms with van der Waals surface area (Å²) in [6.07, 6.45) is 7.66. The molecule has 0 aliphatic carbocycles. The smallest absolute Gasteiger partial charge is 0.323 e. The predicted octanol–water partition coefficient (Wildman–Crippen LogP) is 1.66. The molecule has 0 radical (unpaired) electrons. The van der Waals surface area contributed by atoms with E-state index in [4.69, 9.17) is 10.2 Å². The van der Waals surface area contributed by atoms with Crippen LogP contribution in [-0.2, 0) is 4.79 Å². The quantitative estimate of drug-likeness (QED) is 0.344. The number of benzene rings is 1. The zero-order valence-corrected chi connectivity index (χ0v) is 20.1. The van der Waals surface area contributed by atoms with Crippen molar-refractivity contribution in [2.45, 2.75) is 18.5 Å². The third-order valence-electron chi connectivity index (χ3n) is 6.78. The maximum absolute atomic E-state index is 12.9. The molecule has 1 aromatic carbocycles. The van der Waals surface area contributed by atoms with Gasteiger partial charge < -0.3 is 25.5 Å². The number of aromatic nitrogens is 5. The third kappa shape index (κ3) is 4.31. The van der Waals surface area contributed by atoms with Crippen molar-refractivity contribution in [3.63, 3.8) is 0 Å². The van der Waals surface area contributed by atoms with Crippen LogP contribution in [0.3, 0.4) is 0 Å². The molecule has 12 heteroatoms. The number of aliphatic carboxylic acids is 1. The highest BCUT2D eigenvalue weighted by Crippen LogP contribution is 2.32. The van der Waals surface area contributed by atoms with Crippen LogP contribution in [0.25, 0.3) is 16.6 Å². The van der Waals surface area contributed by atoms with Crippen molar-refractivity contribution >= 4 is 40.2 Å². The minimum absolute atomic E-state index is 0.362. The lowest BCUT2D eigenvalue weighted by Crippen LogP contribution is -2.44. The second-order valence-corrected chi connectivity index (χ2v) is 9.28. The number of amides is 1. The lowest BCUT2D eigenvalue weighted by molar-refractivity contribution is -0.137. The number of carbonyl (C=O) groups excluding carboxylic acids is 1. The summed E-state index contributed by atoms with van der Waals surface area (Å²) in [6.45, 7) is 1.47. The van der Waals surface area contributed by atoms with E-state index >= 15 is 0 Å². The first-order valence-corrected chi connectivity index (χ1v) is 12.0. The summed E-state index contributed by atoms with van der Waals surface area (Å²) >= 11 is 0. The SMILES string of the molecule is CN(CC(=O)O)C(=O)c1ccc2c(Nc3cnccn3)nn(-c3ccnc(N4C[C@@H]5C[C@H]4CN5)c3)c2c1. The Balaban J connectivity index is 1.43. The molecule has 3 N–H and O–H groups in total. The van der Waals surface area contributed by atoms with Gasteiger partial charge in [0, 0.05) is 67.8 Å². The van der Waals surface area contributed by atoms with Crippen molar-refractivity contribution in [3.8, 4) is 5.69 Å². The Morgan fingerprint density at radius 2 is 2.08 bits per heavy atom. The molecule has 4 aromatic rings. The fourth-order valence-corrected chi connectivity index (χ4v) is 5.05. The summed E-state index contributed by atoms with van der Waals surface area (Å²) in [5.41, 5.74) is 1.84. The van der Waals surface area contributed by atoms with Crippen LogP contribution >= 0.6 is 0 Å². The van der Waals surface area contributed by atoms with Crippen LogP contribution in [-0.4, -0.2) is 85.4 Å². The predicted molar refractivity (Wildman–Crippen MR) is 136 cm³/mol. The van der Waals surface area contributed by atoms with Crippen molar-refractivity contribution in [2.24, 2.45) is 0 Å². The molecule has 3 aromatic heterocycles. The van der Waals surface area contributed by atoms with E-state index in [1.807, 2.05) is 12.1 Å². The largest absolute Gasteiger partial charge is 0.480 e. The van der Waals surface area contributed by atoms with Crippen molar-refractivity contribution < 1.29 is 14.7 Å². The van der Waals surface area contributed by atoms with Gasteiger partial charge in [0.15, 0.2) is 5.82 Å². The van der Waals surface area contributed by atoms with E-state index in [0.717, 1.165) is 36.4 Å². The molecule has 188 valence electrons. The van der Waals surface area contributed by atoms with Gasteiger partial charge in [-0.15, -0.1) is 5.10 Å². The molecule has 2 atom stereocenters. The third-order valence-corrected chi connectivity index (χ3v) is 6.78. The number of likely N-dealkylation sites (N-methyl/N-ethyl adjacent to an activating group) is 1. The summed E-state index contributed by atoms with van der Waals surface area (Å²) in [6, 6.07) is 9.98. The number of nitrogens with one attached hydrogen (secondary N) is 2. The van der Waals surface area contributed by atoms with Crippen molar-refractivity contribution in [3.05, 3.63) is 60.7 Å². The average Bonchev–Trinajstić information content (AvgIpc) is 3.63. The zero-order chi connectivity index (χ0) is 25.5. The van der Waals surface area contributed by atoms with E-state index in [-0.39, 0.29) is 0 Å². The Bertz CT molecular complexity index is 1490. The molecule has 5 heterocycles. The first kappa shape index (κ1) is 22.9. The molecular formula is C25H25N9O3. The fourth-order valence-electron chi connectivity index (χ4n) is 5.05. The van der Waals surface area contributed by atoms with Gasteiger partial charge >= 0.3 is 5.97 Å². The maximum Gasteiger partial charge on any atom is 0.323 e. The molecule has 37 heavy (non-hydrogen) atoms. The highest BCUT2D eigenvalue weighted by molar-refractivity contribution is 6.01. The first-order chi connectivity index (χ1) is 18.0. The minimum atomic E-state index is -1.08. The Hall–Kier alpha value is -4.58. The number of anilines is 3. The number of fused-ring (bicyclic) bond motifs is 3. The van der Waals surface area contributed by atoms with Crippen molar-refractivity contribution in [1.82, 2.24) is 34.9 Å². The van der Waals surface area contributed by atoms with Gasteiger partial charge in [0.25, 0.3) is 5.91 Å². The standard InChI is InChI=1S/C25H25N9O3/c1-32(14-23(35)36)25(37)15-2-3-19-20(8-15)34(31-24(19)30-21-12-26-6-7-27-21)17-4-5-28-22(10-17)33-13-16-9-18(33)11-29-16/h2-8,10,12,16,18,29H,9,11,13-14H2,1H3,(H,35,36)(H,27,30,31)/t16-,18-/m0/s1. The molecule has 0 saturated carbocycles. The molecule has 2 saturated heterocycles. The number of hydrogen-bond acceptors (Lipinski definition) is 9. The van der Waals surface area contributed by atoms with Gasteiger partial charge in [0.2, 0.25) is 0 Å². The Kier molecular flexibility index (Phi) is 5.64. The van der Waals surface area contributed by atoms with E-state index < -0.39 is 18.4 Å². The number of pyridine rings is 1. The number of piperazine rings is 1. The number of hydrogen-bond donors (Lipinski definition) is 3. The van der Waals surface area contributed by atoms with Gasteiger partial charge in [-0.25, -0.2) is 14.6 Å². The molecular weight excluding hydrogens is 474 g/mol. The van der Waals surface area contributed by atoms with Crippen molar-refractivity contribution in [1.29, 1.82) is 0 Å². The zero-order valence-electron chi connectivity index (χ0n) is 20.1. The van der Waals surface area contributed by atoms with Gasteiger partial charge in [-0.3, -0.25) is 14.6 Å². The van der Waals surface area contributed by atoms with Crippen LogP contribution < -0.4 is 15.5 Å².